The zero-order valence-electron chi connectivity index (χ0n) is 22.6. The predicted molar refractivity (Wildman–Crippen MR) is 163 cm³/mol. The van der Waals surface area contributed by atoms with Crippen molar-refractivity contribution in [3.63, 3.8) is 0 Å². The molecule has 4 rings (SSSR count). The molecule has 0 N–H and O–H groups in total. The van der Waals surface area contributed by atoms with Crippen molar-refractivity contribution in [3.05, 3.63) is 108 Å². The van der Waals surface area contributed by atoms with E-state index in [4.69, 9.17) is 17.0 Å². The van der Waals surface area contributed by atoms with Gasteiger partial charge in [0.25, 0.3) is 0 Å². The summed E-state index contributed by atoms with van der Waals surface area (Å²) in [4.78, 5) is 0. The first-order valence-corrected chi connectivity index (χ1v) is 21.3. The average molecular weight is 616 g/mol. The van der Waals surface area contributed by atoms with Crippen LogP contribution in [0.1, 0.15) is 38.8 Å². The second kappa shape index (κ2) is 19.9. The molecule has 0 aliphatic rings. The Morgan fingerprint density at radius 1 is 0.667 bits per heavy atom. The van der Waals surface area contributed by atoms with Crippen LogP contribution in [-0.4, -0.2) is 9.52 Å². The van der Waals surface area contributed by atoms with E-state index in [0.29, 0.717) is 0 Å². The summed E-state index contributed by atoms with van der Waals surface area (Å²) in [7, 11) is 10.6. The summed E-state index contributed by atoms with van der Waals surface area (Å²) in [5.41, 5.74) is 8.20. The molecule has 0 saturated heterocycles. The van der Waals surface area contributed by atoms with Gasteiger partial charge in [0, 0.05) is 9.52 Å². The molecule has 0 atom stereocenters. The van der Waals surface area contributed by atoms with Crippen molar-refractivity contribution in [1.29, 1.82) is 0 Å². The molecule has 191 valence electrons. The molecule has 0 aliphatic heterocycles. The van der Waals surface area contributed by atoms with E-state index in [9.17, 15) is 0 Å². The molecule has 0 amide bonds. The molecule has 4 heteroatoms. The van der Waals surface area contributed by atoms with Gasteiger partial charge in [0.2, 0.25) is 0 Å². The van der Waals surface area contributed by atoms with Crippen LogP contribution >= 0.6 is 17.0 Å². The van der Waals surface area contributed by atoms with E-state index in [1.165, 1.54) is 46.2 Å². The van der Waals surface area contributed by atoms with E-state index in [0.717, 1.165) is 21.4 Å². The number of rotatable bonds is 6. The molecule has 36 heavy (non-hydrogen) atoms. The second-order valence-corrected chi connectivity index (χ2v) is 14.5. The van der Waals surface area contributed by atoms with Gasteiger partial charge < -0.3 is 0 Å². The maximum absolute atomic E-state index is 4.93. The molecule has 4 aromatic carbocycles. The molecule has 0 fully saturated rings. The fourth-order valence-corrected chi connectivity index (χ4v) is 3.80. The van der Waals surface area contributed by atoms with Crippen molar-refractivity contribution in [2.75, 3.05) is 0 Å². The second-order valence-electron chi connectivity index (χ2n) is 9.59. The van der Waals surface area contributed by atoms with Crippen LogP contribution in [-0.2, 0) is 33.7 Å². The average Bonchev–Trinajstić information content (AvgIpc) is 3.51. The van der Waals surface area contributed by atoms with Crippen LogP contribution < -0.4 is 0 Å². The minimum atomic E-state index is -0.826. The van der Waals surface area contributed by atoms with E-state index in [1.54, 1.807) is 0 Å². The Kier molecular flexibility index (Phi) is 18.1. The van der Waals surface area contributed by atoms with Crippen LogP contribution in [0.15, 0.2) is 97.1 Å². The van der Waals surface area contributed by atoms with Crippen LogP contribution in [0.2, 0.25) is 13.1 Å². The SMILES string of the molecule is CC(C)Cc1c[cH-]c(-c2ccccc2)c1.CC(C)Cc1c[cH-]c(-c2ccccc2)c1.C[SiH]C.[Cl][Zr+2][Cl]. The number of hydrogen-bond donors (Lipinski definition) is 0. The van der Waals surface area contributed by atoms with Crippen LogP contribution in [0.3, 0.4) is 0 Å². The zero-order valence-corrected chi connectivity index (χ0v) is 27.8. The van der Waals surface area contributed by atoms with Crippen molar-refractivity contribution in [3.8, 4) is 22.3 Å². The summed E-state index contributed by atoms with van der Waals surface area (Å²) >= 11 is -0.826. The Bertz CT molecular complexity index is 950. The topological polar surface area (TPSA) is 0 Å². The van der Waals surface area contributed by atoms with Crippen molar-refractivity contribution in [1.82, 2.24) is 0 Å². The fourth-order valence-electron chi connectivity index (χ4n) is 3.80. The molecule has 0 unspecified atom stereocenters. The van der Waals surface area contributed by atoms with Gasteiger partial charge in [-0.2, -0.15) is 35.4 Å². The van der Waals surface area contributed by atoms with Gasteiger partial charge in [0.15, 0.2) is 0 Å². The molecule has 0 heterocycles. The van der Waals surface area contributed by atoms with Crippen LogP contribution in [0.25, 0.3) is 22.3 Å². The molecule has 0 aliphatic carbocycles. The van der Waals surface area contributed by atoms with E-state index in [1.807, 2.05) is 0 Å². The Morgan fingerprint density at radius 2 is 0.972 bits per heavy atom. The summed E-state index contributed by atoms with van der Waals surface area (Å²) < 4.78 is 0. The van der Waals surface area contributed by atoms with Gasteiger partial charge in [-0.05, 0) is 0 Å². The predicted octanol–water partition coefficient (Wildman–Crippen LogP) is 10.4. The van der Waals surface area contributed by atoms with Crippen LogP contribution in [0.4, 0.5) is 0 Å². The third-order valence-corrected chi connectivity index (χ3v) is 5.14. The third-order valence-electron chi connectivity index (χ3n) is 5.14. The molecule has 4 aromatic rings. The van der Waals surface area contributed by atoms with Crippen LogP contribution in [0, 0.1) is 11.8 Å². The summed E-state index contributed by atoms with van der Waals surface area (Å²) in [6.45, 7) is 13.5. The van der Waals surface area contributed by atoms with Gasteiger partial charge in [-0.15, -0.1) is 34.4 Å². The molecule has 0 nitrogen and oxygen atoms in total. The van der Waals surface area contributed by atoms with Crippen molar-refractivity contribution >= 4 is 26.5 Å². The third kappa shape index (κ3) is 13.9. The normalized spacial score (nSPS) is 9.83. The monoisotopic (exact) mass is 613 g/mol. The van der Waals surface area contributed by atoms with Crippen molar-refractivity contribution < 1.29 is 20.8 Å². The first-order chi connectivity index (χ1) is 17.3. The molecule has 1 radical (unpaired) electrons. The van der Waals surface area contributed by atoms with E-state index in [-0.39, 0.29) is 0 Å². The summed E-state index contributed by atoms with van der Waals surface area (Å²) in [6, 6.07) is 34.6. The van der Waals surface area contributed by atoms with E-state index < -0.39 is 20.8 Å². The maximum atomic E-state index is 4.93. The molecule has 0 spiro atoms. The van der Waals surface area contributed by atoms with Gasteiger partial charge in [-0.1, -0.05) is 126 Å². The molecule has 0 saturated carbocycles. The quantitative estimate of drug-likeness (QED) is 0.150. The summed E-state index contributed by atoms with van der Waals surface area (Å²) in [5, 5.41) is 0. The van der Waals surface area contributed by atoms with E-state index in [2.05, 4.69) is 138 Å². The standard InChI is InChI=1S/2C15H17.C2H7Si.2ClH.Zr/c2*1-12(2)10-13-8-9-15(11-13)14-6-4-3-5-7-14;1-3-2;;;/h2*3-9,11-12H,10H2,1-2H3;3H,1-2H3;2*1H;/q2*-1;;;;+4/p-2. The van der Waals surface area contributed by atoms with Gasteiger partial charge in [0.05, 0.1) is 0 Å². The Labute approximate surface area is 241 Å². The Balaban J connectivity index is 0.000000296. The molecular formula is C32H41Cl2SiZr. The molecule has 0 aromatic heterocycles. The van der Waals surface area contributed by atoms with Gasteiger partial charge in [-0.25, -0.2) is 0 Å². The first-order valence-electron chi connectivity index (χ1n) is 12.7. The Hall–Kier alpha value is -1.18. The number of halogens is 2. The molecular weight excluding hydrogens is 575 g/mol. The van der Waals surface area contributed by atoms with Crippen molar-refractivity contribution in [2.24, 2.45) is 11.8 Å². The zero-order chi connectivity index (χ0) is 26.8. The summed E-state index contributed by atoms with van der Waals surface area (Å²) in [5.74, 6) is 1.46. The Morgan fingerprint density at radius 3 is 1.25 bits per heavy atom. The van der Waals surface area contributed by atoms with Gasteiger partial charge >= 0.3 is 37.9 Å². The van der Waals surface area contributed by atoms with Gasteiger partial charge in [-0.3, -0.25) is 0 Å². The van der Waals surface area contributed by atoms with E-state index >= 15 is 0 Å². The first kappa shape index (κ1) is 32.8. The van der Waals surface area contributed by atoms with Crippen molar-refractivity contribution in [2.45, 2.75) is 53.6 Å². The minimum absolute atomic E-state index is 0.732. The molecule has 0 bridgehead atoms. The van der Waals surface area contributed by atoms with Gasteiger partial charge in [0.1, 0.15) is 0 Å². The summed E-state index contributed by atoms with van der Waals surface area (Å²) in [6.07, 6.45) is 2.35. The fraction of sp³-hybridized carbons (Fsp3) is 0.312. The number of hydrogen-bond acceptors (Lipinski definition) is 0. The van der Waals surface area contributed by atoms with Crippen LogP contribution in [0.5, 0.6) is 0 Å². The number of benzene rings is 2.